The third kappa shape index (κ3) is 28.3. The van der Waals surface area contributed by atoms with Crippen molar-refractivity contribution < 1.29 is 173 Å². The standard InChI is InChI=1S/2C19H17F4N5O2.2C18H15F4NO2.C14H8BrF4NO.C4H8O.3CH4.FH.Y/c2*1-30-8-2-3-13-4-7-17(24-10-13)19(22,23)18(29,11-28-12-25-26-27-28)15-6-5-14(20)9-16(15)21;2*1-24-8-2-3-12-4-7-16(23-10-12)18(21,22)17(11-25-17)14-6-5-13(19)9-15(14)20;15-8-1-4-12(20-6-8)14(18,19)13(7-21-13)10-3-2-9(16)5-11(10)17;1-3-4-5-2;;;;;/h2*2-7,9-10,12,29H,8,11H2,1H3;2*2-7,9-10H,8,11H2,1H3;1-6H,7H2;3H,1,4H2,2H3;3*1H4;1H;/b3-2+;3-2-;3-2+;3-2-;;;;;;;. The van der Waals surface area contributed by atoms with Gasteiger partial charge in [0.2, 0.25) is 0 Å². The number of epoxide rings is 3. The minimum Gasteiger partial charge on any atom is -0.381 e. The average molecular weight is 2140 g/mol. The Hall–Kier alpha value is -11.6. The van der Waals surface area contributed by atoms with Gasteiger partial charge in [0, 0.05) is 162 Å². The topological polar surface area (TPSA) is 276 Å². The number of aromatic nitrogens is 13. The third-order valence-electron chi connectivity index (χ3n) is 20.3. The number of halogens is 22. The molecule has 0 amide bonds. The Morgan fingerprint density at radius 2 is 0.631 bits per heavy atom. The Kier molecular flexibility index (Phi) is 44.6. The van der Waals surface area contributed by atoms with Crippen molar-refractivity contribution >= 4 is 40.2 Å². The Balaban J connectivity index is 0.000000305. The smallest absolute Gasteiger partial charge is 0.324 e. The van der Waals surface area contributed by atoms with Gasteiger partial charge in [-0.2, -0.15) is 43.9 Å². The fourth-order valence-corrected chi connectivity index (χ4v) is 13.4. The largest absolute Gasteiger partial charge is 0.381 e. The van der Waals surface area contributed by atoms with Crippen molar-refractivity contribution in [2.24, 2.45) is 0 Å². The van der Waals surface area contributed by atoms with Crippen LogP contribution < -0.4 is 0 Å². The fourth-order valence-electron chi connectivity index (χ4n) is 13.1. The summed E-state index contributed by atoms with van der Waals surface area (Å²) >= 11 is 3.10. The Morgan fingerprint density at radius 1 is 0.376 bits per heavy atom. The maximum atomic E-state index is 15.5. The van der Waals surface area contributed by atoms with Crippen LogP contribution in [0.3, 0.4) is 0 Å². The molecule has 0 aliphatic carbocycles. The summed E-state index contributed by atoms with van der Waals surface area (Å²) in [5.41, 5.74) is -16.6. The number of aliphatic hydroxyl groups is 2. The number of hydrogen-bond acceptors (Lipinski definition) is 21. The van der Waals surface area contributed by atoms with Crippen molar-refractivity contribution in [3.05, 3.63) is 373 Å². The van der Waals surface area contributed by atoms with E-state index in [-0.39, 0.29) is 96.2 Å². The molecule has 3 aliphatic rings. The molecule has 3 saturated heterocycles. The van der Waals surface area contributed by atoms with E-state index in [4.69, 9.17) is 33.2 Å². The van der Waals surface area contributed by atoms with E-state index >= 15 is 17.6 Å². The molecule has 15 rings (SSSR count). The summed E-state index contributed by atoms with van der Waals surface area (Å²) in [4.78, 5) is 18.7. The molecule has 5 atom stereocenters. The number of alkyl halides is 10. The molecule has 0 bridgehead atoms. The molecule has 755 valence electrons. The zero-order valence-electron chi connectivity index (χ0n) is 72.8. The summed E-state index contributed by atoms with van der Waals surface area (Å²) in [5, 5.41) is 42.3. The fraction of sp³-hybridized carbons (Fsp3) is 0.295. The van der Waals surface area contributed by atoms with Crippen LogP contribution in [-0.4, -0.2) is 164 Å². The number of benzene rings is 5. The molecule has 2 N–H and O–H groups in total. The van der Waals surface area contributed by atoms with Crippen molar-refractivity contribution in [2.75, 3.05) is 88.4 Å². The minimum atomic E-state index is -4.09. The SMILES string of the molecule is C.C.C.C=CCOC.COC/C=C/c1ccc(C(F)(F)C(O)(Cn2cnnn2)c2ccc(F)cc2F)nc1.COC/C=C/c1ccc(C(F)(F)C2(c3ccc(F)cc3F)CO2)nc1.COC/C=C\c1ccc(C(F)(F)C(O)(Cn2cnnn2)c2ccc(F)cc2F)nc1.COC/C=C\c1ccc(C(F)(F)C2(c3ccc(F)cc3F)CO2)nc1.F.Fc1ccc(C2(C(F)(F)c3ccc(Br)cn3)CO2)c(F)c1.[Y]. The molecule has 141 heavy (non-hydrogen) atoms. The van der Waals surface area contributed by atoms with Crippen LogP contribution in [0, 0.1) is 58.2 Å². The van der Waals surface area contributed by atoms with Crippen LogP contribution in [0.15, 0.2) is 237 Å². The van der Waals surface area contributed by atoms with Crippen LogP contribution >= 0.6 is 15.9 Å². The third-order valence-corrected chi connectivity index (χ3v) is 20.8. The molecule has 3 aliphatic heterocycles. The quantitative estimate of drug-likeness (QED) is 0.0220. The molecule has 5 unspecified atom stereocenters. The van der Waals surface area contributed by atoms with Crippen LogP contribution in [0.25, 0.3) is 24.3 Å². The van der Waals surface area contributed by atoms with Gasteiger partial charge < -0.3 is 48.1 Å². The molecular formula is C95H93BrF21N13O10Y. The molecule has 3 fully saturated rings. The number of methoxy groups -OCH3 is 5. The number of rotatable bonds is 33. The predicted octanol–water partition coefficient (Wildman–Crippen LogP) is 20.5. The summed E-state index contributed by atoms with van der Waals surface area (Å²) in [7, 11) is 7.73. The first-order valence-corrected chi connectivity index (χ1v) is 40.6. The Labute approximate surface area is 828 Å². The van der Waals surface area contributed by atoms with E-state index in [1.54, 1.807) is 61.8 Å². The van der Waals surface area contributed by atoms with Crippen LogP contribution in [0.2, 0.25) is 0 Å². The first kappa shape index (κ1) is 120. The molecule has 1 radical (unpaired) electrons. The second-order valence-electron chi connectivity index (χ2n) is 29.5. The van der Waals surface area contributed by atoms with Gasteiger partial charge in [0.05, 0.1) is 65.9 Å². The van der Waals surface area contributed by atoms with Crippen LogP contribution in [-0.2, 0) is 141 Å². The molecular weight excluding hydrogens is 2050 g/mol. The minimum absolute atomic E-state index is 0. The molecule has 12 aromatic rings. The Morgan fingerprint density at radius 3 is 0.837 bits per heavy atom. The molecule has 0 spiro atoms. The van der Waals surface area contributed by atoms with Crippen molar-refractivity contribution in [1.29, 1.82) is 0 Å². The van der Waals surface area contributed by atoms with Gasteiger partial charge in [-0.15, -0.1) is 16.8 Å². The number of hydrogen-bond donors (Lipinski definition) is 2. The van der Waals surface area contributed by atoms with Crippen LogP contribution in [0.4, 0.5) is 92.5 Å². The second-order valence-corrected chi connectivity index (χ2v) is 30.4. The van der Waals surface area contributed by atoms with E-state index in [1.807, 2.05) is 0 Å². The number of pyridine rings is 5. The van der Waals surface area contributed by atoms with Crippen LogP contribution in [0.1, 0.15) is 101 Å². The van der Waals surface area contributed by atoms with Gasteiger partial charge in [-0.05, 0) is 156 Å². The zero-order valence-corrected chi connectivity index (χ0v) is 77.3. The summed E-state index contributed by atoms with van der Waals surface area (Å²) in [6, 6.07) is 23.8. The average Bonchev–Trinajstić information content (AvgIpc) is 1.54. The van der Waals surface area contributed by atoms with E-state index in [0.29, 0.717) is 90.1 Å². The van der Waals surface area contributed by atoms with E-state index in [1.165, 1.54) is 89.8 Å². The molecule has 0 saturated carbocycles. The van der Waals surface area contributed by atoms with Gasteiger partial charge >= 0.3 is 29.6 Å². The van der Waals surface area contributed by atoms with E-state index in [9.17, 15) is 80.5 Å². The van der Waals surface area contributed by atoms with E-state index < -0.39 is 168 Å². The second kappa shape index (κ2) is 52.4. The summed E-state index contributed by atoms with van der Waals surface area (Å²) < 4.78 is 328. The maximum Gasteiger partial charge on any atom is 0.324 e. The predicted molar refractivity (Wildman–Crippen MR) is 475 cm³/mol. The monoisotopic (exact) mass is 2140 g/mol. The van der Waals surface area contributed by atoms with Crippen molar-refractivity contribution in [3.8, 4) is 0 Å². The van der Waals surface area contributed by atoms with Crippen LogP contribution in [0.5, 0.6) is 0 Å². The number of tetrazole rings is 2. The molecule has 7 aromatic heterocycles. The van der Waals surface area contributed by atoms with Crippen molar-refractivity contribution in [3.63, 3.8) is 0 Å². The molecule has 5 aromatic carbocycles. The van der Waals surface area contributed by atoms with Gasteiger partial charge in [0.1, 0.15) is 99.3 Å². The zero-order chi connectivity index (χ0) is 99.1. The maximum absolute atomic E-state index is 15.5. The van der Waals surface area contributed by atoms with Crippen molar-refractivity contribution in [2.45, 2.75) is 93.0 Å². The van der Waals surface area contributed by atoms with E-state index in [0.717, 1.165) is 113 Å². The van der Waals surface area contributed by atoms with Crippen molar-refractivity contribution in [1.82, 2.24) is 65.3 Å². The van der Waals surface area contributed by atoms with Gasteiger partial charge in [0.25, 0.3) is 0 Å². The molecule has 23 nitrogen and oxygen atoms in total. The number of ether oxygens (including phenoxy) is 8. The van der Waals surface area contributed by atoms with Gasteiger partial charge in [-0.25, -0.2) is 53.3 Å². The van der Waals surface area contributed by atoms with Gasteiger partial charge in [-0.3, -0.25) is 29.6 Å². The first-order valence-electron chi connectivity index (χ1n) is 39.8. The first-order chi connectivity index (χ1) is 64.6. The van der Waals surface area contributed by atoms with E-state index in [2.05, 4.69) is 83.2 Å². The summed E-state index contributed by atoms with van der Waals surface area (Å²) in [6.45, 7) is 2.58. The molecule has 46 heteroatoms. The normalized spacial score (nSPS) is 16.7. The van der Waals surface area contributed by atoms with Gasteiger partial charge in [-0.1, -0.05) is 101 Å². The summed E-state index contributed by atoms with van der Waals surface area (Å²) in [5.74, 6) is -29.2. The van der Waals surface area contributed by atoms with Gasteiger partial charge in [0.15, 0.2) is 28.0 Å². The summed E-state index contributed by atoms with van der Waals surface area (Å²) in [6.07, 6.45) is 23.2. The Bertz CT molecular complexity index is 5770. The number of nitrogens with zero attached hydrogens (tertiary/aromatic N) is 13. The molecule has 10 heterocycles.